The highest BCUT2D eigenvalue weighted by Gasteiger charge is 2.40. The summed E-state index contributed by atoms with van der Waals surface area (Å²) in [5.41, 5.74) is 0. The van der Waals surface area contributed by atoms with Crippen LogP contribution in [0.5, 0.6) is 0 Å². The van der Waals surface area contributed by atoms with E-state index in [1.807, 2.05) is 6.92 Å². The number of hydrogen-bond donors (Lipinski definition) is 1. The molecule has 1 rings (SSSR count). The number of rotatable bonds is 7. The maximum atomic E-state index is 12.8. The summed E-state index contributed by atoms with van der Waals surface area (Å²) in [5, 5.41) is 9.29. The predicted octanol–water partition coefficient (Wildman–Crippen LogP) is 2.04. The second-order valence-corrected chi connectivity index (χ2v) is 5.61. The van der Waals surface area contributed by atoms with E-state index in [1.165, 1.54) is 0 Å². The van der Waals surface area contributed by atoms with Gasteiger partial charge < -0.3 is 19.6 Å². The molecule has 21 heavy (non-hydrogen) atoms. The van der Waals surface area contributed by atoms with Gasteiger partial charge in [-0.25, -0.2) is 4.79 Å². The number of nitrogens with zero attached hydrogens (tertiary/aromatic N) is 2. The molecule has 122 valence electrons. The van der Waals surface area contributed by atoms with Gasteiger partial charge in [0.1, 0.15) is 5.92 Å². The van der Waals surface area contributed by atoms with Gasteiger partial charge in [-0.2, -0.15) is 0 Å². The number of aliphatic carboxylic acids is 1. The molecule has 0 aromatic carbocycles. The maximum Gasteiger partial charge on any atom is 0.320 e. The molecular weight excluding hydrogens is 272 g/mol. The molecule has 0 spiro atoms. The fourth-order valence-corrected chi connectivity index (χ4v) is 2.93. The van der Waals surface area contributed by atoms with E-state index in [0.717, 1.165) is 19.3 Å². The molecule has 2 atom stereocenters. The molecule has 1 N–H and O–H groups in total. The lowest BCUT2D eigenvalue weighted by Crippen LogP contribution is -2.53. The number of carbonyl (C=O) groups excluding carboxylic acids is 1. The van der Waals surface area contributed by atoms with Crippen molar-refractivity contribution < 1.29 is 19.4 Å². The Hall–Kier alpha value is -1.30. The Balaban J connectivity index is 2.89. The zero-order chi connectivity index (χ0) is 16.0. The van der Waals surface area contributed by atoms with Crippen LogP contribution in [-0.2, 0) is 9.53 Å². The molecule has 0 radical (unpaired) electrons. The van der Waals surface area contributed by atoms with Gasteiger partial charge in [-0.05, 0) is 19.3 Å². The summed E-state index contributed by atoms with van der Waals surface area (Å²) in [4.78, 5) is 27.5. The fraction of sp³-hybridized carbons (Fsp3) is 0.867. The van der Waals surface area contributed by atoms with Gasteiger partial charge in [0, 0.05) is 19.6 Å². The molecule has 6 nitrogen and oxygen atoms in total. The van der Waals surface area contributed by atoms with Crippen LogP contribution in [0.1, 0.15) is 40.0 Å². The Morgan fingerprint density at radius 2 is 1.86 bits per heavy atom. The number of urea groups is 1. The molecule has 0 saturated carbocycles. The molecule has 1 heterocycles. The Morgan fingerprint density at radius 3 is 2.33 bits per heavy atom. The summed E-state index contributed by atoms with van der Waals surface area (Å²) in [7, 11) is 1.80. The summed E-state index contributed by atoms with van der Waals surface area (Å²) in [6.07, 6.45) is 2.58. The van der Waals surface area contributed by atoms with Gasteiger partial charge in [-0.1, -0.05) is 20.8 Å². The standard InChI is InChI=1S/C15H28N2O4/c1-5-8-17(13-10-21-9-12(13)14(18)19)15(20)16(4)11(6-2)7-3/h11-13H,5-10H2,1-4H3,(H,18,19). The van der Waals surface area contributed by atoms with Crippen molar-refractivity contribution in [2.75, 3.05) is 26.8 Å². The van der Waals surface area contributed by atoms with E-state index < -0.39 is 11.9 Å². The first-order valence-corrected chi connectivity index (χ1v) is 7.81. The first-order valence-electron chi connectivity index (χ1n) is 7.81. The number of carboxylic acids is 1. The van der Waals surface area contributed by atoms with Crippen LogP contribution in [0.2, 0.25) is 0 Å². The van der Waals surface area contributed by atoms with E-state index in [0.29, 0.717) is 13.2 Å². The summed E-state index contributed by atoms with van der Waals surface area (Å²) in [6.45, 7) is 7.15. The Morgan fingerprint density at radius 1 is 1.24 bits per heavy atom. The molecular formula is C15H28N2O4. The van der Waals surface area contributed by atoms with E-state index in [2.05, 4.69) is 13.8 Å². The molecule has 1 fully saturated rings. The Kier molecular flexibility index (Phi) is 6.95. The smallest absolute Gasteiger partial charge is 0.320 e. The third-order valence-corrected chi connectivity index (χ3v) is 4.27. The quantitative estimate of drug-likeness (QED) is 0.781. The number of amides is 2. The maximum absolute atomic E-state index is 12.8. The van der Waals surface area contributed by atoms with Crippen LogP contribution in [0.25, 0.3) is 0 Å². The minimum absolute atomic E-state index is 0.0905. The number of ether oxygens (including phenoxy) is 1. The minimum Gasteiger partial charge on any atom is -0.481 e. The predicted molar refractivity (Wildman–Crippen MR) is 80.3 cm³/mol. The Labute approximate surface area is 127 Å². The molecule has 1 aliphatic heterocycles. The van der Waals surface area contributed by atoms with E-state index in [9.17, 15) is 14.7 Å². The highest BCUT2D eigenvalue weighted by molar-refractivity contribution is 5.77. The molecule has 1 aliphatic rings. The molecule has 0 bridgehead atoms. The van der Waals surface area contributed by atoms with Crippen LogP contribution >= 0.6 is 0 Å². The van der Waals surface area contributed by atoms with Crippen molar-refractivity contribution in [3.8, 4) is 0 Å². The molecule has 0 aromatic rings. The number of carbonyl (C=O) groups is 2. The largest absolute Gasteiger partial charge is 0.481 e. The summed E-state index contributed by atoms with van der Waals surface area (Å²) in [6, 6.07) is -0.276. The Bertz CT molecular complexity index is 358. The summed E-state index contributed by atoms with van der Waals surface area (Å²) >= 11 is 0. The second kappa shape index (κ2) is 8.22. The lowest BCUT2D eigenvalue weighted by Gasteiger charge is -2.36. The number of carboxylic acid groups (broad SMARTS) is 1. The molecule has 6 heteroatoms. The van der Waals surface area contributed by atoms with Crippen LogP contribution < -0.4 is 0 Å². The molecule has 2 unspecified atom stereocenters. The first kappa shape index (κ1) is 17.8. The van der Waals surface area contributed by atoms with Crippen molar-refractivity contribution in [3.63, 3.8) is 0 Å². The minimum atomic E-state index is -0.892. The van der Waals surface area contributed by atoms with Crippen LogP contribution in [0.15, 0.2) is 0 Å². The first-order chi connectivity index (χ1) is 9.97. The van der Waals surface area contributed by atoms with Gasteiger partial charge in [-0.3, -0.25) is 4.79 Å². The van der Waals surface area contributed by atoms with E-state index in [-0.39, 0.29) is 24.7 Å². The third-order valence-electron chi connectivity index (χ3n) is 4.27. The zero-order valence-corrected chi connectivity index (χ0v) is 13.5. The lowest BCUT2D eigenvalue weighted by atomic mass is 10.0. The number of hydrogen-bond acceptors (Lipinski definition) is 3. The third kappa shape index (κ3) is 4.09. The summed E-state index contributed by atoms with van der Waals surface area (Å²) in [5.74, 6) is -1.52. The van der Waals surface area contributed by atoms with Crippen molar-refractivity contribution in [1.82, 2.24) is 9.80 Å². The van der Waals surface area contributed by atoms with Crippen molar-refractivity contribution in [2.45, 2.75) is 52.1 Å². The lowest BCUT2D eigenvalue weighted by molar-refractivity contribution is -0.142. The van der Waals surface area contributed by atoms with Crippen LogP contribution in [-0.4, -0.2) is 65.8 Å². The van der Waals surface area contributed by atoms with Gasteiger partial charge in [0.2, 0.25) is 0 Å². The average molecular weight is 300 g/mol. The monoisotopic (exact) mass is 300 g/mol. The van der Waals surface area contributed by atoms with Crippen molar-refractivity contribution in [3.05, 3.63) is 0 Å². The van der Waals surface area contributed by atoms with Crippen LogP contribution in [0.4, 0.5) is 4.79 Å². The molecule has 0 aromatic heterocycles. The van der Waals surface area contributed by atoms with Crippen molar-refractivity contribution in [1.29, 1.82) is 0 Å². The topological polar surface area (TPSA) is 70.1 Å². The zero-order valence-electron chi connectivity index (χ0n) is 13.5. The molecule has 0 aliphatic carbocycles. The van der Waals surface area contributed by atoms with Gasteiger partial charge in [0.25, 0.3) is 0 Å². The van der Waals surface area contributed by atoms with E-state index in [1.54, 1.807) is 16.8 Å². The second-order valence-electron chi connectivity index (χ2n) is 5.61. The fourth-order valence-electron chi connectivity index (χ4n) is 2.93. The van der Waals surface area contributed by atoms with Gasteiger partial charge in [0.15, 0.2) is 0 Å². The summed E-state index contributed by atoms with van der Waals surface area (Å²) < 4.78 is 5.31. The van der Waals surface area contributed by atoms with Crippen LogP contribution in [0.3, 0.4) is 0 Å². The van der Waals surface area contributed by atoms with Crippen molar-refractivity contribution in [2.24, 2.45) is 5.92 Å². The highest BCUT2D eigenvalue weighted by Crippen LogP contribution is 2.22. The highest BCUT2D eigenvalue weighted by atomic mass is 16.5. The van der Waals surface area contributed by atoms with Gasteiger partial charge in [0.05, 0.1) is 19.3 Å². The van der Waals surface area contributed by atoms with Gasteiger partial charge >= 0.3 is 12.0 Å². The van der Waals surface area contributed by atoms with Gasteiger partial charge in [-0.15, -0.1) is 0 Å². The normalized spacial score (nSPS) is 21.6. The SMILES string of the molecule is CCCN(C(=O)N(C)C(CC)CC)C1COCC1C(=O)O. The van der Waals surface area contributed by atoms with E-state index >= 15 is 0 Å². The molecule has 1 saturated heterocycles. The molecule has 2 amide bonds. The average Bonchev–Trinajstić information content (AvgIpc) is 2.94. The van der Waals surface area contributed by atoms with Crippen molar-refractivity contribution >= 4 is 12.0 Å². The van der Waals surface area contributed by atoms with E-state index in [4.69, 9.17) is 4.74 Å². The van der Waals surface area contributed by atoms with Crippen LogP contribution in [0, 0.1) is 5.92 Å².